The van der Waals surface area contributed by atoms with E-state index in [1.165, 1.54) is 44.5 Å². The van der Waals surface area contributed by atoms with Gasteiger partial charge in [-0.15, -0.1) is 0 Å². The monoisotopic (exact) mass is 300 g/mol. The minimum atomic E-state index is 0.141. The van der Waals surface area contributed by atoms with Crippen LogP contribution >= 0.6 is 0 Å². The van der Waals surface area contributed by atoms with E-state index in [1.54, 1.807) is 6.92 Å². The molecule has 3 rings (SSSR count). The Morgan fingerprint density at radius 2 is 1.73 bits per heavy atom. The quantitative estimate of drug-likeness (QED) is 0.797. The Labute approximate surface area is 134 Å². The molecule has 1 aliphatic carbocycles. The Hall–Kier alpha value is -1.35. The predicted molar refractivity (Wildman–Crippen MR) is 91.7 cm³/mol. The van der Waals surface area contributed by atoms with Crippen LogP contribution in [0.4, 0.5) is 5.69 Å². The van der Waals surface area contributed by atoms with Crippen LogP contribution in [-0.2, 0) is 0 Å². The third-order valence-electron chi connectivity index (χ3n) is 5.38. The highest BCUT2D eigenvalue weighted by atomic mass is 16.1. The first-order chi connectivity index (χ1) is 10.6. The molecule has 22 heavy (non-hydrogen) atoms. The van der Waals surface area contributed by atoms with Gasteiger partial charge in [0.05, 0.1) is 0 Å². The van der Waals surface area contributed by atoms with Gasteiger partial charge in [-0.3, -0.25) is 9.69 Å². The summed E-state index contributed by atoms with van der Waals surface area (Å²) in [5.41, 5.74) is 2.06. The molecule has 2 atom stereocenters. The van der Waals surface area contributed by atoms with Crippen LogP contribution in [0.1, 0.15) is 49.9 Å². The van der Waals surface area contributed by atoms with Crippen molar-refractivity contribution in [2.24, 2.45) is 5.92 Å². The molecule has 0 spiro atoms. The molecule has 3 heteroatoms. The number of piperazine rings is 1. The molecule has 0 bridgehead atoms. The molecule has 1 aliphatic heterocycles. The molecule has 120 valence electrons. The van der Waals surface area contributed by atoms with Crippen molar-refractivity contribution >= 4 is 11.5 Å². The van der Waals surface area contributed by atoms with Crippen molar-refractivity contribution in [2.45, 2.75) is 45.6 Å². The van der Waals surface area contributed by atoms with E-state index < -0.39 is 0 Å². The van der Waals surface area contributed by atoms with Crippen molar-refractivity contribution in [3.05, 3.63) is 29.8 Å². The molecule has 0 radical (unpaired) electrons. The highest BCUT2D eigenvalue weighted by Gasteiger charge is 2.27. The van der Waals surface area contributed by atoms with Crippen molar-refractivity contribution in [3.8, 4) is 0 Å². The van der Waals surface area contributed by atoms with E-state index in [0.717, 1.165) is 30.6 Å². The first-order valence-corrected chi connectivity index (χ1v) is 8.73. The second-order valence-electron chi connectivity index (χ2n) is 7.05. The SMILES string of the molecule is CC(=O)c1ccc(N2CCN([C@@H]3CCC[C@H](C)C3)CC2)cc1. The molecule has 2 fully saturated rings. The fraction of sp³-hybridized carbons (Fsp3) is 0.632. The Morgan fingerprint density at radius 3 is 2.32 bits per heavy atom. The number of rotatable bonds is 3. The molecule has 3 nitrogen and oxygen atoms in total. The van der Waals surface area contributed by atoms with E-state index in [-0.39, 0.29) is 5.78 Å². The van der Waals surface area contributed by atoms with Gasteiger partial charge in [0.1, 0.15) is 0 Å². The van der Waals surface area contributed by atoms with Gasteiger partial charge in [0.15, 0.2) is 5.78 Å². The van der Waals surface area contributed by atoms with Gasteiger partial charge >= 0.3 is 0 Å². The summed E-state index contributed by atoms with van der Waals surface area (Å²) in [4.78, 5) is 16.5. The number of hydrogen-bond donors (Lipinski definition) is 0. The van der Waals surface area contributed by atoms with E-state index in [4.69, 9.17) is 0 Å². The van der Waals surface area contributed by atoms with Gasteiger partial charge in [-0.25, -0.2) is 0 Å². The zero-order valence-corrected chi connectivity index (χ0v) is 13.9. The normalized spacial score (nSPS) is 26.9. The Bertz CT molecular complexity index is 503. The van der Waals surface area contributed by atoms with E-state index >= 15 is 0 Å². The fourth-order valence-corrected chi connectivity index (χ4v) is 3.99. The lowest BCUT2D eigenvalue weighted by Crippen LogP contribution is -2.51. The molecular formula is C19H28N2O. The lowest BCUT2D eigenvalue weighted by molar-refractivity contribution is 0.101. The molecule has 0 N–H and O–H groups in total. The summed E-state index contributed by atoms with van der Waals surface area (Å²) in [7, 11) is 0. The number of nitrogens with zero attached hydrogens (tertiary/aromatic N) is 2. The predicted octanol–water partition coefficient (Wildman–Crippen LogP) is 3.59. The summed E-state index contributed by atoms with van der Waals surface area (Å²) in [6.07, 6.45) is 5.59. The van der Waals surface area contributed by atoms with Gasteiger partial charge < -0.3 is 4.90 Å². The smallest absolute Gasteiger partial charge is 0.159 e. The minimum absolute atomic E-state index is 0.141. The minimum Gasteiger partial charge on any atom is -0.369 e. The summed E-state index contributed by atoms with van der Waals surface area (Å²) in [6.45, 7) is 8.57. The number of benzene rings is 1. The Balaban J connectivity index is 1.56. The molecule has 1 saturated heterocycles. The maximum atomic E-state index is 11.4. The van der Waals surface area contributed by atoms with Crippen LogP contribution < -0.4 is 4.90 Å². The van der Waals surface area contributed by atoms with Crippen LogP contribution in [0, 0.1) is 5.92 Å². The molecule has 2 aliphatic rings. The molecule has 1 heterocycles. The number of carbonyl (C=O) groups is 1. The van der Waals surface area contributed by atoms with Gasteiger partial charge in [-0.2, -0.15) is 0 Å². The lowest BCUT2D eigenvalue weighted by atomic mass is 9.86. The average Bonchev–Trinajstić information content (AvgIpc) is 2.55. The standard InChI is InChI=1S/C19H28N2O/c1-15-4-3-5-19(14-15)21-12-10-20(11-13-21)18-8-6-17(7-9-18)16(2)22/h6-9,15,19H,3-5,10-14H2,1-2H3/t15-,19+/m0/s1. The van der Waals surface area contributed by atoms with Crippen molar-refractivity contribution in [1.29, 1.82) is 0 Å². The van der Waals surface area contributed by atoms with E-state index in [1.807, 2.05) is 12.1 Å². The topological polar surface area (TPSA) is 23.6 Å². The highest BCUT2D eigenvalue weighted by molar-refractivity contribution is 5.94. The molecule has 0 aromatic heterocycles. The van der Waals surface area contributed by atoms with E-state index in [2.05, 4.69) is 28.9 Å². The Morgan fingerprint density at radius 1 is 1.05 bits per heavy atom. The third kappa shape index (κ3) is 3.52. The number of anilines is 1. The van der Waals surface area contributed by atoms with Crippen molar-refractivity contribution in [3.63, 3.8) is 0 Å². The number of ketones is 1. The molecule has 0 amide bonds. The third-order valence-corrected chi connectivity index (χ3v) is 5.38. The lowest BCUT2D eigenvalue weighted by Gasteiger charge is -2.42. The van der Waals surface area contributed by atoms with Crippen LogP contribution in [0.5, 0.6) is 0 Å². The summed E-state index contributed by atoms with van der Waals surface area (Å²) in [5.74, 6) is 1.04. The maximum Gasteiger partial charge on any atom is 0.159 e. The second kappa shape index (κ2) is 6.82. The first-order valence-electron chi connectivity index (χ1n) is 8.73. The van der Waals surface area contributed by atoms with Crippen LogP contribution in [0.15, 0.2) is 24.3 Å². The molecule has 1 saturated carbocycles. The van der Waals surface area contributed by atoms with Crippen LogP contribution in [0.3, 0.4) is 0 Å². The highest BCUT2D eigenvalue weighted by Crippen LogP contribution is 2.28. The van der Waals surface area contributed by atoms with Gasteiger partial charge in [-0.1, -0.05) is 19.8 Å². The van der Waals surface area contributed by atoms with Gasteiger partial charge in [0.2, 0.25) is 0 Å². The zero-order valence-electron chi connectivity index (χ0n) is 13.9. The van der Waals surface area contributed by atoms with Gasteiger partial charge in [-0.05, 0) is 49.9 Å². The fourth-order valence-electron chi connectivity index (χ4n) is 3.99. The summed E-state index contributed by atoms with van der Waals surface area (Å²) >= 11 is 0. The van der Waals surface area contributed by atoms with Crippen LogP contribution in [-0.4, -0.2) is 42.9 Å². The molecular weight excluding hydrogens is 272 g/mol. The van der Waals surface area contributed by atoms with Crippen molar-refractivity contribution in [1.82, 2.24) is 4.90 Å². The number of hydrogen-bond acceptors (Lipinski definition) is 3. The molecule has 1 aromatic rings. The number of carbonyl (C=O) groups excluding carboxylic acids is 1. The zero-order chi connectivity index (χ0) is 15.5. The Kier molecular flexibility index (Phi) is 4.82. The maximum absolute atomic E-state index is 11.4. The number of Topliss-reactive ketones (excluding diaryl/α,β-unsaturated/α-hetero) is 1. The largest absolute Gasteiger partial charge is 0.369 e. The summed E-state index contributed by atoms with van der Waals surface area (Å²) in [5, 5.41) is 0. The first kappa shape index (κ1) is 15.5. The average molecular weight is 300 g/mol. The van der Waals surface area contributed by atoms with Gasteiger partial charge in [0, 0.05) is 43.5 Å². The van der Waals surface area contributed by atoms with Crippen molar-refractivity contribution < 1.29 is 4.79 Å². The van der Waals surface area contributed by atoms with E-state index in [0.29, 0.717) is 0 Å². The second-order valence-corrected chi connectivity index (χ2v) is 7.05. The summed E-state index contributed by atoms with van der Waals surface area (Å²) < 4.78 is 0. The molecule has 1 aromatic carbocycles. The summed E-state index contributed by atoms with van der Waals surface area (Å²) in [6, 6.07) is 8.90. The van der Waals surface area contributed by atoms with Crippen LogP contribution in [0.2, 0.25) is 0 Å². The van der Waals surface area contributed by atoms with Crippen LogP contribution in [0.25, 0.3) is 0 Å². The van der Waals surface area contributed by atoms with Gasteiger partial charge in [0.25, 0.3) is 0 Å². The van der Waals surface area contributed by atoms with E-state index in [9.17, 15) is 4.79 Å². The van der Waals surface area contributed by atoms with Crippen molar-refractivity contribution in [2.75, 3.05) is 31.1 Å². The molecule has 0 unspecified atom stereocenters.